The number of nitrogens with zero attached hydrogens (tertiary/aromatic N) is 2. The molecule has 1 saturated heterocycles. The standard InChI is InChI=1S/C19H27FN2O/c1-21(19(23)16-6-4-7-16)13-15-9-11-22(12-10-15)14-17-5-2-3-8-18(17)20/h2-3,5,8,15-16H,4,6-7,9-14H2,1H3. The molecule has 0 atom stereocenters. The van der Waals surface area contributed by atoms with Gasteiger partial charge in [-0.05, 0) is 50.8 Å². The van der Waals surface area contributed by atoms with Crippen LogP contribution < -0.4 is 0 Å². The van der Waals surface area contributed by atoms with Gasteiger partial charge in [-0.25, -0.2) is 4.39 Å². The lowest BCUT2D eigenvalue weighted by atomic mass is 9.84. The first-order valence-corrected chi connectivity index (χ1v) is 8.84. The fourth-order valence-electron chi connectivity index (χ4n) is 3.64. The van der Waals surface area contributed by atoms with Gasteiger partial charge >= 0.3 is 0 Å². The van der Waals surface area contributed by atoms with Crippen LogP contribution in [0, 0.1) is 17.7 Å². The van der Waals surface area contributed by atoms with E-state index < -0.39 is 0 Å². The molecule has 0 N–H and O–H groups in total. The predicted molar refractivity (Wildman–Crippen MR) is 89.4 cm³/mol. The molecule has 0 aromatic heterocycles. The first kappa shape index (κ1) is 16.4. The van der Waals surface area contributed by atoms with E-state index in [2.05, 4.69) is 4.90 Å². The van der Waals surface area contributed by atoms with E-state index in [0.29, 0.717) is 24.3 Å². The van der Waals surface area contributed by atoms with Gasteiger partial charge in [0.1, 0.15) is 5.82 Å². The molecule has 2 aliphatic rings. The molecule has 0 radical (unpaired) electrons. The van der Waals surface area contributed by atoms with Gasteiger partial charge in [-0.15, -0.1) is 0 Å². The molecule has 1 aliphatic carbocycles. The molecular weight excluding hydrogens is 291 g/mol. The van der Waals surface area contributed by atoms with E-state index in [1.165, 1.54) is 12.5 Å². The Balaban J connectivity index is 1.43. The van der Waals surface area contributed by atoms with Gasteiger partial charge in [0.2, 0.25) is 5.91 Å². The predicted octanol–water partition coefficient (Wildman–Crippen LogP) is 3.30. The van der Waals surface area contributed by atoms with Gasteiger partial charge in [0.15, 0.2) is 0 Å². The van der Waals surface area contributed by atoms with Crippen molar-refractivity contribution in [2.24, 2.45) is 11.8 Å². The van der Waals surface area contributed by atoms with Crippen molar-refractivity contribution in [3.05, 3.63) is 35.6 Å². The number of carbonyl (C=O) groups excluding carboxylic acids is 1. The third-order valence-electron chi connectivity index (χ3n) is 5.42. The molecule has 3 rings (SSSR count). The molecule has 23 heavy (non-hydrogen) atoms. The van der Waals surface area contributed by atoms with Crippen LogP contribution in [-0.2, 0) is 11.3 Å². The molecule has 0 spiro atoms. The van der Waals surface area contributed by atoms with Crippen molar-refractivity contribution in [3.8, 4) is 0 Å². The number of carbonyl (C=O) groups is 1. The zero-order valence-corrected chi connectivity index (χ0v) is 14.0. The smallest absolute Gasteiger partial charge is 0.225 e. The molecule has 1 saturated carbocycles. The molecule has 2 fully saturated rings. The summed E-state index contributed by atoms with van der Waals surface area (Å²) in [4.78, 5) is 16.5. The summed E-state index contributed by atoms with van der Waals surface area (Å²) in [6.45, 7) is 3.55. The van der Waals surface area contributed by atoms with E-state index >= 15 is 0 Å². The Morgan fingerprint density at radius 1 is 1.22 bits per heavy atom. The van der Waals surface area contributed by atoms with E-state index in [0.717, 1.165) is 50.9 Å². The highest BCUT2D eigenvalue weighted by Gasteiger charge is 2.29. The van der Waals surface area contributed by atoms with Crippen LogP contribution in [-0.4, -0.2) is 42.4 Å². The minimum atomic E-state index is -0.111. The Morgan fingerprint density at radius 2 is 1.91 bits per heavy atom. The van der Waals surface area contributed by atoms with Crippen LogP contribution in [0.4, 0.5) is 4.39 Å². The van der Waals surface area contributed by atoms with Crippen LogP contribution in [0.2, 0.25) is 0 Å². The van der Waals surface area contributed by atoms with Crippen molar-refractivity contribution >= 4 is 5.91 Å². The maximum atomic E-state index is 13.7. The van der Waals surface area contributed by atoms with Crippen LogP contribution in [0.15, 0.2) is 24.3 Å². The van der Waals surface area contributed by atoms with Gasteiger partial charge in [-0.3, -0.25) is 9.69 Å². The van der Waals surface area contributed by atoms with Gasteiger partial charge in [-0.1, -0.05) is 24.6 Å². The maximum absolute atomic E-state index is 13.7. The molecule has 1 amide bonds. The highest BCUT2D eigenvalue weighted by atomic mass is 19.1. The summed E-state index contributed by atoms with van der Waals surface area (Å²) in [6.07, 6.45) is 5.54. The van der Waals surface area contributed by atoms with Crippen molar-refractivity contribution in [2.75, 3.05) is 26.7 Å². The van der Waals surface area contributed by atoms with Crippen LogP contribution in [0.5, 0.6) is 0 Å². The number of amides is 1. The van der Waals surface area contributed by atoms with Gasteiger partial charge in [0, 0.05) is 31.6 Å². The van der Waals surface area contributed by atoms with Gasteiger partial charge in [-0.2, -0.15) is 0 Å². The second-order valence-corrected chi connectivity index (χ2v) is 7.16. The third-order valence-corrected chi connectivity index (χ3v) is 5.42. The van der Waals surface area contributed by atoms with Crippen LogP contribution in [0.1, 0.15) is 37.7 Å². The average Bonchev–Trinajstić information content (AvgIpc) is 2.49. The van der Waals surface area contributed by atoms with Crippen LogP contribution >= 0.6 is 0 Å². The Hall–Kier alpha value is -1.42. The quantitative estimate of drug-likeness (QED) is 0.832. The molecule has 0 unspecified atom stereocenters. The van der Waals surface area contributed by atoms with E-state index in [1.807, 2.05) is 24.1 Å². The summed E-state index contributed by atoms with van der Waals surface area (Å²) < 4.78 is 13.7. The number of benzene rings is 1. The molecule has 1 aromatic carbocycles. The fraction of sp³-hybridized carbons (Fsp3) is 0.632. The Kier molecular flexibility index (Phi) is 5.31. The molecule has 4 heteroatoms. The number of piperidine rings is 1. The lowest BCUT2D eigenvalue weighted by Crippen LogP contribution is -2.42. The summed E-state index contributed by atoms with van der Waals surface area (Å²) in [7, 11) is 1.95. The van der Waals surface area contributed by atoms with Crippen molar-refractivity contribution in [1.82, 2.24) is 9.80 Å². The number of hydrogen-bond donors (Lipinski definition) is 0. The van der Waals surface area contributed by atoms with Gasteiger partial charge < -0.3 is 4.90 Å². The lowest BCUT2D eigenvalue weighted by molar-refractivity contribution is -0.137. The molecule has 126 valence electrons. The van der Waals surface area contributed by atoms with Gasteiger partial charge in [0.25, 0.3) is 0 Å². The number of rotatable bonds is 5. The van der Waals surface area contributed by atoms with Crippen molar-refractivity contribution in [1.29, 1.82) is 0 Å². The number of hydrogen-bond acceptors (Lipinski definition) is 2. The molecule has 3 nitrogen and oxygen atoms in total. The largest absolute Gasteiger partial charge is 0.345 e. The zero-order valence-electron chi connectivity index (χ0n) is 14.0. The summed E-state index contributed by atoms with van der Waals surface area (Å²) in [5, 5.41) is 0. The molecular formula is C19H27FN2O. The maximum Gasteiger partial charge on any atom is 0.225 e. The topological polar surface area (TPSA) is 23.6 Å². The van der Waals surface area contributed by atoms with Crippen molar-refractivity contribution in [2.45, 2.75) is 38.6 Å². The van der Waals surface area contributed by atoms with E-state index in [1.54, 1.807) is 6.07 Å². The average molecular weight is 318 g/mol. The molecule has 1 aromatic rings. The SMILES string of the molecule is CN(CC1CCN(Cc2ccccc2F)CC1)C(=O)C1CCC1. The summed E-state index contributed by atoms with van der Waals surface area (Å²) >= 11 is 0. The minimum Gasteiger partial charge on any atom is -0.345 e. The summed E-state index contributed by atoms with van der Waals surface area (Å²) in [6, 6.07) is 7.03. The minimum absolute atomic E-state index is 0.111. The van der Waals surface area contributed by atoms with E-state index in [-0.39, 0.29) is 5.82 Å². The second-order valence-electron chi connectivity index (χ2n) is 7.16. The van der Waals surface area contributed by atoms with Crippen molar-refractivity contribution in [3.63, 3.8) is 0 Å². The highest BCUT2D eigenvalue weighted by molar-refractivity contribution is 5.79. The highest BCUT2D eigenvalue weighted by Crippen LogP contribution is 2.29. The van der Waals surface area contributed by atoms with Gasteiger partial charge in [0.05, 0.1) is 0 Å². The summed E-state index contributed by atoms with van der Waals surface area (Å²) in [5.41, 5.74) is 0.781. The number of halogens is 1. The summed E-state index contributed by atoms with van der Waals surface area (Å²) in [5.74, 6) is 1.10. The molecule has 0 bridgehead atoms. The van der Waals surface area contributed by atoms with E-state index in [4.69, 9.17) is 0 Å². The third kappa shape index (κ3) is 4.11. The zero-order chi connectivity index (χ0) is 16.2. The first-order valence-electron chi connectivity index (χ1n) is 8.84. The van der Waals surface area contributed by atoms with Crippen LogP contribution in [0.25, 0.3) is 0 Å². The Bertz CT molecular complexity index is 536. The monoisotopic (exact) mass is 318 g/mol. The van der Waals surface area contributed by atoms with Crippen LogP contribution in [0.3, 0.4) is 0 Å². The molecule has 1 aliphatic heterocycles. The first-order chi connectivity index (χ1) is 11.1. The lowest BCUT2D eigenvalue weighted by Gasteiger charge is -2.35. The Labute approximate surface area is 138 Å². The molecule has 1 heterocycles. The fourth-order valence-corrected chi connectivity index (χ4v) is 3.64. The Morgan fingerprint density at radius 3 is 2.52 bits per heavy atom. The normalized spacial score (nSPS) is 20.3. The number of likely N-dealkylation sites (tertiary alicyclic amines) is 1. The van der Waals surface area contributed by atoms with E-state index in [9.17, 15) is 9.18 Å². The second kappa shape index (κ2) is 7.43. The van der Waals surface area contributed by atoms with Crippen molar-refractivity contribution < 1.29 is 9.18 Å².